The highest BCUT2D eigenvalue weighted by atomic mass is 35.5. The van der Waals surface area contributed by atoms with E-state index in [9.17, 15) is 0 Å². The summed E-state index contributed by atoms with van der Waals surface area (Å²) in [6.45, 7) is 9.19. The largest absolute Gasteiger partial charge is 0.490 e. The summed E-state index contributed by atoms with van der Waals surface area (Å²) in [7, 11) is 0. The molecule has 0 aliphatic heterocycles. The minimum Gasteiger partial charge on any atom is -0.490 e. The molecule has 24 heavy (non-hydrogen) atoms. The summed E-state index contributed by atoms with van der Waals surface area (Å²) in [5.41, 5.74) is 2.18. The molecular weight excluding hydrogens is 322 g/mol. The van der Waals surface area contributed by atoms with Crippen LogP contribution in [0.3, 0.4) is 0 Å². The molecule has 4 heteroatoms. The highest BCUT2D eigenvalue weighted by molar-refractivity contribution is 6.30. The number of para-hydroxylation sites is 1. The maximum atomic E-state index is 6.10. The number of ether oxygens (including phenoxy) is 2. The van der Waals surface area contributed by atoms with E-state index >= 15 is 0 Å². The predicted molar refractivity (Wildman–Crippen MR) is 99.9 cm³/mol. The summed E-state index contributed by atoms with van der Waals surface area (Å²) in [6.07, 6.45) is 0. The Labute approximate surface area is 149 Å². The zero-order valence-electron chi connectivity index (χ0n) is 14.6. The van der Waals surface area contributed by atoms with Crippen LogP contribution in [0.15, 0.2) is 42.5 Å². The van der Waals surface area contributed by atoms with Gasteiger partial charge in [0.2, 0.25) is 0 Å². The monoisotopic (exact) mass is 347 g/mol. The first-order chi connectivity index (χ1) is 11.6. The van der Waals surface area contributed by atoms with Gasteiger partial charge in [-0.05, 0) is 43.1 Å². The minimum absolute atomic E-state index is 0.485. The fourth-order valence-electron chi connectivity index (χ4n) is 2.37. The first-order valence-electron chi connectivity index (χ1n) is 8.42. The molecule has 0 radical (unpaired) electrons. The Balaban J connectivity index is 2.12. The van der Waals surface area contributed by atoms with E-state index in [1.807, 2.05) is 43.3 Å². The molecule has 3 nitrogen and oxygen atoms in total. The first-order valence-corrected chi connectivity index (χ1v) is 8.80. The Hall–Kier alpha value is -1.71. The van der Waals surface area contributed by atoms with Crippen molar-refractivity contribution in [2.75, 3.05) is 13.2 Å². The SMILES string of the molecule is CCOc1cccc(CNCC(C)C)c1OCc1ccc(Cl)cc1. The molecule has 0 amide bonds. The molecular formula is C20H26ClNO2. The molecule has 0 aromatic heterocycles. The second-order valence-corrected chi connectivity index (χ2v) is 6.55. The van der Waals surface area contributed by atoms with Crippen molar-refractivity contribution < 1.29 is 9.47 Å². The summed E-state index contributed by atoms with van der Waals surface area (Å²) in [5.74, 6) is 2.21. The second-order valence-electron chi connectivity index (χ2n) is 6.12. The van der Waals surface area contributed by atoms with E-state index in [1.165, 1.54) is 0 Å². The quantitative estimate of drug-likeness (QED) is 0.687. The molecule has 0 atom stereocenters. The van der Waals surface area contributed by atoms with Gasteiger partial charge >= 0.3 is 0 Å². The van der Waals surface area contributed by atoms with Gasteiger partial charge in [0.05, 0.1) is 6.61 Å². The van der Waals surface area contributed by atoms with Crippen molar-refractivity contribution in [1.82, 2.24) is 5.32 Å². The van der Waals surface area contributed by atoms with Gasteiger partial charge in [-0.25, -0.2) is 0 Å². The van der Waals surface area contributed by atoms with Gasteiger partial charge in [0.25, 0.3) is 0 Å². The average molecular weight is 348 g/mol. The molecule has 0 aliphatic carbocycles. The maximum Gasteiger partial charge on any atom is 0.166 e. The third-order valence-corrected chi connectivity index (χ3v) is 3.78. The molecule has 1 N–H and O–H groups in total. The van der Waals surface area contributed by atoms with Crippen LogP contribution in [0.1, 0.15) is 31.9 Å². The van der Waals surface area contributed by atoms with E-state index in [0.29, 0.717) is 19.1 Å². The third kappa shape index (κ3) is 5.73. The van der Waals surface area contributed by atoms with E-state index in [2.05, 4.69) is 25.2 Å². The predicted octanol–water partition coefficient (Wildman–Crippen LogP) is 5.06. The summed E-state index contributed by atoms with van der Waals surface area (Å²) in [6, 6.07) is 13.7. The smallest absolute Gasteiger partial charge is 0.166 e. The van der Waals surface area contributed by atoms with Crippen molar-refractivity contribution in [1.29, 1.82) is 0 Å². The number of rotatable bonds is 9. The molecule has 2 rings (SSSR count). The Morgan fingerprint density at radius 1 is 1.04 bits per heavy atom. The molecule has 0 saturated carbocycles. The fraction of sp³-hybridized carbons (Fsp3) is 0.400. The lowest BCUT2D eigenvalue weighted by molar-refractivity contribution is 0.266. The Morgan fingerprint density at radius 2 is 1.79 bits per heavy atom. The van der Waals surface area contributed by atoms with Crippen LogP contribution >= 0.6 is 11.6 Å². The minimum atomic E-state index is 0.485. The van der Waals surface area contributed by atoms with E-state index < -0.39 is 0 Å². The van der Waals surface area contributed by atoms with Crippen LogP contribution in [0.2, 0.25) is 5.02 Å². The van der Waals surface area contributed by atoms with E-state index in [-0.39, 0.29) is 0 Å². The van der Waals surface area contributed by atoms with E-state index in [0.717, 1.165) is 40.7 Å². The highest BCUT2D eigenvalue weighted by Crippen LogP contribution is 2.32. The zero-order valence-corrected chi connectivity index (χ0v) is 15.4. The summed E-state index contributed by atoms with van der Waals surface area (Å²) in [4.78, 5) is 0. The van der Waals surface area contributed by atoms with Gasteiger partial charge in [-0.1, -0.05) is 49.7 Å². The van der Waals surface area contributed by atoms with Gasteiger partial charge in [0.1, 0.15) is 6.61 Å². The fourth-order valence-corrected chi connectivity index (χ4v) is 2.49. The van der Waals surface area contributed by atoms with Gasteiger partial charge in [0, 0.05) is 17.1 Å². The standard InChI is InChI=1S/C20H26ClNO2/c1-4-23-19-7-5-6-17(13-22-12-15(2)3)20(19)24-14-16-8-10-18(21)11-9-16/h5-11,15,22H,4,12-14H2,1-3H3. The molecule has 0 unspecified atom stereocenters. The van der Waals surface area contributed by atoms with Gasteiger partial charge in [-0.2, -0.15) is 0 Å². The zero-order chi connectivity index (χ0) is 17.4. The molecule has 0 bridgehead atoms. The van der Waals surface area contributed by atoms with Crippen LogP contribution in [0, 0.1) is 5.92 Å². The van der Waals surface area contributed by atoms with Crippen molar-refractivity contribution in [2.45, 2.75) is 33.9 Å². The Kier molecular flexibility index (Phi) is 7.41. The maximum absolute atomic E-state index is 6.10. The molecule has 0 heterocycles. The van der Waals surface area contributed by atoms with Crippen molar-refractivity contribution in [3.05, 3.63) is 58.6 Å². The lowest BCUT2D eigenvalue weighted by Gasteiger charge is -2.17. The van der Waals surface area contributed by atoms with Crippen LogP contribution in [0.4, 0.5) is 0 Å². The number of hydrogen-bond donors (Lipinski definition) is 1. The molecule has 130 valence electrons. The Morgan fingerprint density at radius 3 is 2.46 bits per heavy atom. The molecule has 0 fully saturated rings. The van der Waals surface area contributed by atoms with Gasteiger partial charge < -0.3 is 14.8 Å². The summed E-state index contributed by atoms with van der Waals surface area (Å²) < 4.78 is 11.8. The van der Waals surface area contributed by atoms with Crippen LogP contribution in [0.5, 0.6) is 11.5 Å². The van der Waals surface area contributed by atoms with Gasteiger partial charge in [0.15, 0.2) is 11.5 Å². The first kappa shape index (κ1) is 18.6. The van der Waals surface area contributed by atoms with Crippen LogP contribution < -0.4 is 14.8 Å². The Bertz CT molecular complexity index is 626. The van der Waals surface area contributed by atoms with Crippen molar-refractivity contribution in [3.8, 4) is 11.5 Å². The summed E-state index contributed by atoms with van der Waals surface area (Å²) >= 11 is 5.93. The van der Waals surface area contributed by atoms with Crippen LogP contribution in [-0.4, -0.2) is 13.2 Å². The van der Waals surface area contributed by atoms with Crippen LogP contribution in [0.25, 0.3) is 0 Å². The number of nitrogens with one attached hydrogen (secondary N) is 1. The molecule has 2 aromatic rings. The van der Waals surface area contributed by atoms with Crippen LogP contribution in [-0.2, 0) is 13.2 Å². The lowest BCUT2D eigenvalue weighted by atomic mass is 10.1. The van der Waals surface area contributed by atoms with Crippen molar-refractivity contribution in [3.63, 3.8) is 0 Å². The number of benzene rings is 2. The number of hydrogen-bond acceptors (Lipinski definition) is 3. The van der Waals surface area contributed by atoms with E-state index in [1.54, 1.807) is 0 Å². The molecule has 0 saturated heterocycles. The highest BCUT2D eigenvalue weighted by Gasteiger charge is 2.11. The van der Waals surface area contributed by atoms with Crippen molar-refractivity contribution in [2.24, 2.45) is 5.92 Å². The van der Waals surface area contributed by atoms with E-state index in [4.69, 9.17) is 21.1 Å². The van der Waals surface area contributed by atoms with Crippen molar-refractivity contribution >= 4 is 11.6 Å². The van der Waals surface area contributed by atoms with Gasteiger partial charge in [-0.15, -0.1) is 0 Å². The lowest BCUT2D eigenvalue weighted by Crippen LogP contribution is -2.19. The average Bonchev–Trinajstić information content (AvgIpc) is 2.55. The summed E-state index contributed by atoms with van der Waals surface area (Å²) in [5, 5.41) is 4.19. The molecule has 2 aromatic carbocycles. The molecule has 0 aliphatic rings. The normalized spacial score (nSPS) is 10.9. The number of halogens is 1. The third-order valence-electron chi connectivity index (χ3n) is 3.52. The van der Waals surface area contributed by atoms with Gasteiger partial charge in [-0.3, -0.25) is 0 Å². The second kappa shape index (κ2) is 9.55. The topological polar surface area (TPSA) is 30.5 Å². The molecule has 0 spiro atoms.